The molecule has 0 amide bonds. The van der Waals surface area contributed by atoms with Crippen LogP contribution in [0.5, 0.6) is 5.75 Å². The number of nitrogens with one attached hydrogen (secondary N) is 1. The predicted octanol–water partition coefficient (Wildman–Crippen LogP) is 3.38. The lowest BCUT2D eigenvalue weighted by atomic mass is 10.2. The number of halogens is 1. The van der Waals surface area contributed by atoms with Crippen LogP contribution >= 0.6 is 0 Å². The average molecular weight is 242 g/mol. The molecule has 18 heavy (non-hydrogen) atoms. The van der Waals surface area contributed by atoms with Crippen molar-refractivity contribution in [1.29, 1.82) is 0 Å². The molecule has 0 fully saturated rings. The van der Waals surface area contributed by atoms with E-state index in [2.05, 4.69) is 9.97 Å². The van der Waals surface area contributed by atoms with Gasteiger partial charge in [0.05, 0.1) is 7.11 Å². The number of rotatable bonds is 2. The molecule has 0 unspecified atom stereocenters. The lowest BCUT2D eigenvalue weighted by Crippen LogP contribution is -1.86. The van der Waals surface area contributed by atoms with Gasteiger partial charge in [-0.25, -0.2) is 4.39 Å². The number of fused-ring (bicyclic) bond motifs is 1. The van der Waals surface area contributed by atoms with E-state index in [0.717, 1.165) is 22.2 Å². The number of aromatic nitrogens is 2. The van der Waals surface area contributed by atoms with Crippen LogP contribution in [0.25, 0.3) is 22.2 Å². The van der Waals surface area contributed by atoms with Gasteiger partial charge in [0, 0.05) is 40.6 Å². The molecule has 0 saturated carbocycles. The first-order valence-corrected chi connectivity index (χ1v) is 5.54. The molecular weight excluding hydrogens is 231 g/mol. The summed E-state index contributed by atoms with van der Waals surface area (Å²) >= 11 is 0. The molecule has 4 heteroatoms. The molecule has 0 aliphatic heterocycles. The molecule has 0 spiro atoms. The maximum Gasteiger partial charge on any atom is 0.167 e. The van der Waals surface area contributed by atoms with E-state index in [1.54, 1.807) is 18.5 Å². The molecule has 0 aliphatic rings. The minimum absolute atomic E-state index is 0.249. The normalized spacial score (nSPS) is 10.8. The fourth-order valence-electron chi connectivity index (χ4n) is 1.97. The summed E-state index contributed by atoms with van der Waals surface area (Å²) in [6.07, 6.45) is 3.48. The van der Waals surface area contributed by atoms with Crippen molar-refractivity contribution in [2.75, 3.05) is 7.11 Å². The van der Waals surface area contributed by atoms with Crippen LogP contribution in [-0.2, 0) is 0 Å². The highest BCUT2D eigenvalue weighted by Gasteiger charge is 2.08. The van der Waals surface area contributed by atoms with Gasteiger partial charge in [0.25, 0.3) is 0 Å². The molecule has 3 rings (SSSR count). The molecule has 2 aromatic heterocycles. The molecule has 0 atom stereocenters. The van der Waals surface area contributed by atoms with E-state index < -0.39 is 0 Å². The third kappa shape index (κ3) is 1.72. The van der Waals surface area contributed by atoms with Crippen LogP contribution in [0.1, 0.15) is 0 Å². The molecule has 1 N–H and O–H groups in total. The van der Waals surface area contributed by atoms with E-state index >= 15 is 0 Å². The number of ether oxygens (including phenoxy) is 1. The molecule has 3 aromatic rings. The van der Waals surface area contributed by atoms with Crippen LogP contribution in [0, 0.1) is 5.82 Å². The van der Waals surface area contributed by atoms with E-state index in [0.29, 0.717) is 0 Å². The maximum atomic E-state index is 13.6. The predicted molar refractivity (Wildman–Crippen MR) is 68.0 cm³/mol. The highest BCUT2D eigenvalue weighted by molar-refractivity contribution is 5.87. The van der Waals surface area contributed by atoms with E-state index in [1.807, 2.05) is 18.2 Å². The topological polar surface area (TPSA) is 37.9 Å². The number of methoxy groups -OCH3 is 1. The Morgan fingerprint density at radius 3 is 2.89 bits per heavy atom. The molecule has 90 valence electrons. The molecule has 2 heterocycles. The van der Waals surface area contributed by atoms with Crippen LogP contribution in [0.3, 0.4) is 0 Å². The van der Waals surface area contributed by atoms with Gasteiger partial charge in [-0.3, -0.25) is 4.98 Å². The summed E-state index contributed by atoms with van der Waals surface area (Å²) in [5.41, 5.74) is 2.62. The van der Waals surface area contributed by atoms with Gasteiger partial charge in [-0.2, -0.15) is 0 Å². The monoisotopic (exact) mass is 242 g/mol. The lowest BCUT2D eigenvalue weighted by Gasteiger charge is -2.00. The highest BCUT2D eigenvalue weighted by atomic mass is 19.1. The van der Waals surface area contributed by atoms with Crippen LogP contribution < -0.4 is 4.74 Å². The zero-order valence-corrected chi connectivity index (χ0v) is 9.77. The summed E-state index contributed by atoms with van der Waals surface area (Å²) in [5.74, 6) is -0.121. The fraction of sp³-hybridized carbons (Fsp3) is 0.0714. The molecular formula is C14H11FN2O. The molecule has 1 aromatic carbocycles. The number of H-pyrrole nitrogens is 1. The van der Waals surface area contributed by atoms with Gasteiger partial charge in [-0.15, -0.1) is 0 Å². The SMILES string of the molecule is COc1cc2cc(-c3cccnc3)[nH]c2cc1F. The first-order valence-electron chi connectivity index (χ1n) is 5.54. The van der Waals surface area contributed by atoms with Gasteiger partial charge in [0.2, 0.25) is 0 Å². The number of pyridine rings is 1. The van der Waals surface area contributed by atoms with E-state index in [-0.39, 0.29) is 11.6 Å². The first-order chi connectivity index (χ1) is 8.78. The Morgan fingerprint density at radius 1 is 1.28 bits per heavy atom. The van der Waals surface area contributed by atoms with Crippen molar-refractivity contribution in [2.24, 2.45) is 0 Å². The van der Waals surface area contributed by atoms with Gasteiger partial charge in [-0.1, -0.05) is 0 Å². The van der Waals surface area contributed by atoms with Crippen LogP contribution in [-0.4, -0.2) is 17.1 Å². The summed E-state index contributed by atoms with van der Waals surface area (Å²) in [5, 5.41) is 0.909. The minimum atomic E-state index is -0.371. The van der Waals surface area contributed by atoms with Crippen LogP contribution in [0.2, 0.25) is 0 Å². The lowest BCUT2D eigenvalue weighted by molar-refractivity contribution is 0.387. The number of hydrogen-bond donors (Lipinski definition) is 1. The molecule has 0 saturated heterocycles. The maximum absolute atomic E-state index is 13.6. The highest BCUT2D eigenvalue weighted by Crippen LogP contribution is 2.28. The standard InChI is InChI=1S/C14H11FN2O/c1-18-14-6-10-5-12(9-3-2-4-16-8-9)17-13(10)7-11(14)15/h2-8,17H,1H3. The Morgan fingerprint density at radius 2 is 2.17 bits per heavy atom. The molecule has 3 nitrogen and oxygen atoms in total. The summed E-state index contributed by atoms with van der Waals surface area (Å²) < 4.78 is 18.5. The number of benzene rings is 1. The van der Waals surface area contributed by atoms with Crippen molar-refractivity contribution in [3.8, 4) is 17.0 Å². The quantitative estimate of drug-likeness (QED) is 0.748. The van der Waals surface area contributed by atoms with Crippen molar-refractivity contribution < 1.29 is 9.13 Å². The second-order valence-electron chi connectivity index (χ2n) is 4.00. The number of aromatic amines is 1. The fourth-order valence-corrected chi connectivity index (χ4v) is 1.97. The van der Waals surface area contributed by atoms with Gasteiger partial charge in [0.1, 0.15) is 0 Å². The zero-order chi connectivity index (χ0) is 12.5. The van der Waals surface area contributed by atoms with Gasteiger partial charge < -0.3 is 9.72 Å². The summed E-state index contributed by atoms with van der Waals surface area (Å²) in [6, 6.07) is 8.89. The molecule has 0 bridgehead atoms. The third-order valence-electron chi connectivity index (χ3n) is 2.87. The Balaban J connectivity index is 2.17. The van der Waals surface area contributed by atoms with Crippen molar-refractivity contribution in [1.82, 2.24) is 9.97 Å². The number of hydrogen-bond acceptors (Lipinski definition) is 2. The molecule has 0 aliphatic carbocycles. The Labute approximate surface area is 103 Å². The zero-order valence-electron chi connectivity index (χ0n) is 9.77. The minimum Gasteiger partial charge on any atom is -0.494 e. The third-order valence-corrected chi connectivity index (χ3v) is 2.87. The van der Waals surface area contributed by atoms with Gasteiger partial charge in [-0.05, 0) is 24.3 Å². The Hall–Kier alpha value is -2.36. The van der Waals surface area contributed by atoms with Crippen molar-refractivity contribution in [2.45, 2.75) is 0 Å². The second-order valence-corrected chi connectivity index (χ2v) is 4.00. The van der Waals surface area contributed by atoms with Crippen molar-refractivity contribution in [3.63, 3.8) is 0 Å². The first kappa shape index (κ1) is 10.8. The van der Waals surface area contributed by atoms with Gasteiger partial charge in [0.15, 0.2) is 11.6 Å². The van der Waals surface area contributed by atoms with E-state index in [4.69, 9.17) is 4.74 Å². The second kappa shape index (κ2) is 4.14. The largest absolute Gasteiger partial charge is 0.494 e. The van der Waals surface area contributed by atoms with Crippen molar-refractivity contribution in [3.05, 3.63) is 48.5 Å². The van der Waals surface area contributed by atoms with Crippen LogP contribution in [0.4, 0.5) is 4.39 Å². The summed E-state index contributed by atoms with van der Waals surface area (Å²) in [6.45, 7) is 0. The number of nitrogens with zero attached hydrogens (tertiary/aromatic N) is 1. The average Bonchev–Trinajstić information content (AvgIpc) is 2.81. The molecule has 0 radical (unpaired) electrons. The Kier molecular flexibility index (Phi) is 2.48. The van der Waals surface area contributed by atoms with Gasteiger partial charge >= 0.3 is 0 Å². The van der Waals surface area contributed by atoms with Crippen molar-refractivity contribution >= 4 is 10.9 Å². The smallest absolute Gasteiger partial charge is 0.167 e. The summed E-state index contributed by atoms with van der Waals surface area (Å²) in [4.78, 5) is 7.23. The summed E-state index contributed by atoms with van der Waals surface area (Å²) in [7, 11) is 1.46. The van der Waals surface area contributed by atoms with E-state index in [1.165, 1.54) is 13.2 Å². The van der Waals surface area contributed by atoms with E-state index in [9.17, 15) is 4.39 Å². The van der Waals surface area contributed by atoms with Crippen LogP contribution in [0.15, 0.2) is 42.7 Å². The Bertz CT molecular complexity index is 692.